The van der Waals surface area contributed by atoms with Crippen LogP contribution in [-0.4, -0.2) is 17.0 Å². The first-order valence-corrected chi connectivity index (χ1v) is 6.98. The van der Waals surface area contributed by atoms with Gasteiger partial charge >= 0.3 is 12.1 Å². The Balaban J connectivity index is 2.66. The number of carbonyl (C=O) groups excluding carboxylic acids is 1. The van der Waals surface area contributed by atoms with Crippen LogP contribution in [0.15, 0.2) is 35.9 Å². The SMILES string of the molecule is CC1=CCCC(C(N)=O)(C(=O)O)C1c1cccc(C(F)(F)F)c1. The molecule has 1 amide bonds. The average molecular weight is 327 g/mol. The second-order valence-electron chi connectivity index (χ2n) is 5.68. The third kappa shape index (κ3) is 2.83. The van der Waals surface area contributed by atoms with Crippen molar-refractivity contribution >= 4 is 11.9 Å². The minimum atomic E-state index is -4.55. The van der Waals surface area contributed by atoms with Gasteiger partial charge in [-0.25, -0.2) is 0 Å². The van der Waals surface area contributed by atoms with Crippen LogP contribution in [0, 0.1) is 5.41 Å². The van der Waals surface area contributed by atoms with Crippen molar-refractivity contribution in [3.05, 3.63) is 47.0 Å². The van der Waals surface area contributed by atoms with Crippen molar-refractivity contribution in [2.45, 2.75) is 31.9 Å². The lowest BCUT2D eigenvalue weighted by Gasteiger charge is -2.38. The van der Waals surface area contributed by atoms with E-state index in [1.165, 1.54) is 12.1 Å². The highest BCUT2D eigenvalue weighted by molar-refractivity contribution is 6.03. The van der Waals surface area contributed by atoms with Gasteiger partial charge in [0.05, 0.1) is 5.56 Å². The molecule has 7 heteroatoms. The molecule has 3 N–H and O–H groups in total. The van der Waals surface area contributed by atoms with Crippen LogP contribution in [0.3, 0.4) is 0 Å². The Hall–Kier alpha value is -2.31. The Kier molecular flexibility index (Phi) is 4.24. The van der Waals surface area contributed by atoms with Crippen LogP contribution < -0.4 is 5.73 Å². The summed E-state index contributed by atoms with van der Waals surface area (Å²) >= 11 is 0. The standard InChI is InChI=1S/C16H16F3NO3/c1-9-4-3-7-15(13(20)21,14(22)23)12(9)10-5-2-6-11(8-10)16(17,18)19/h2,4-6,8,12H,3,7H2,1H3,(H2,20,21)(H,22,23). The first-order valence-electron chi connectivity index (χ1n) is 6.98. The number of hydrogen-bond donors (Lipinski definition) is 2. The molecule has 0 heterocycles. The lowest BCUT2D eigenvalue weighted by atomic mass is 9.63. The Morgan fingerprint density at radius 2 is 2.00 bits per heavy atom. The van der Waals surface area contributed by atoms with Crippen molar-refractivity contribution in [1.29, 1.82) is 0 Å². The van der Waals surface area contributed by atoms with Crippen molar-refractivity contribution in [2.75, 3.05) is 0 Å². The zero-order valence-corrected chi connectivity index (χ0v) is 12.4. The fraction of sp³-hybridized carbons (Fsp3) is 0.375. The molecule has 23 heavy (non-hydrogen) atoms. The molecule has 0 fully saturated rings. The summed E-state index contributed by atoms with van der Waals surface area (Å²) in [6.45, 7) is 1.60. The number of carboxylic acid groups (broad SMARTS) is 1. The minimum Gasteiger partial charge on any atom is -0.480 e. The molecular weight excluding hydrogens is 311 g/mol. The van der Waals surface area contributed by atoms with Crippen molar-refractivity contribution in [1.82, 2.24) is 0 Å². The van der Waals surface area contributed by atoms with E-state index in [4.69, 9.17) is 5.73 Å². The summed E-state index contributed by atoms with van der Waals surface area (Å²) in [5.74, 6) is -3.48. The monoisotopic (exact) mass is 327 g/mol. The number of allylic oxidation sites excluding steroid dienone is 2. The number of hydrogen-bond acceptors (Lipinski definition) is 2. The molecule has 1 aliphatic carbocycles. The summed E-state index contributed by atoms with van der Waals surface area (Å²) in [5.41, 5.74) is 3.16. The van der Waals surface area contributed by atoms with Crippen LogP contribution >= 0.6 is 0 Å². The lowest BCUT2D eigenvalue weighted by molar-refractivity contribution is -0.156. The number of carbonyl (C=O) groups is 2. The smallest absolute Gasteiger partial charge is 0.416 e. The molecule has 1 aliphatic rings. The molecule has 0 aromatic heterocycles. The number of primary amides is 1. The second-order valence-corrected chi connectivity index (χ2v) is 5.68. The topological polar surface area (TPSA) is 80.4 Å². The van der Waals surface area contributed by atoms with Crippen molar-refractivity contribution in [2.24, 2.45) is 11.1 Å². The van der Waals surface area contributed by atoms with Crippen LogP contribution in [0.5, 0.6) is 0 Å². The zero-order chi connectivity index (χ0) is 17.4. The molecular formula is C16H16F3NO3. The van der Waals surface area contributed by atoms with Crippen LogP contribution in [-0.2, 0) is 15.8 Å². The zero-order valence-electron chi connectivity index (χ0n) is 12.4. The van der Waals surface area contributed by atoms with Crippen LogP contribution in [0.1, 0.15) is 36.8 Å². The van der Waals surface area contributed by atoms with E-state index in [0.29, 0.717) is 12.0 Å². The number of benzene rings is 1. The van der Waals surface area contributed by atoms with E-state index in [9.17, 15) is 27.9 Å². The van der Waals surface area contributed by atoms with Gasteiger partial charge in [0.2, 0.25) is 5.91 Å². The van der Waals surface area contributed by atoms with E-state index < -0.39 is 34.9 Å². The quantitative estimate of drug-likeness (QED) is 0.661. The maximum Gasteiger partial charge on any atom is 0.416 e. The lowest BCUT2D eigenvalue weighted by Crippen LogP contribution is -2.50. The summed E-state index contributed by atoms with van der Waals surface area (Å²) in [4.78, 5) is 23.7. The molecule has 0 radical (unpaired) electrons. The van der Waals surface area contributed by atoms with Gasteiger partial charge in [-0.2, -0.15) is 13.2 Å². The average Bonchev–Trinajstić information content (AvgIpc) is 2.45. The third-order valence-corrected chi connectivity index (χ3v) is 4.32. The molecule has 0 bridgehead atoms. The van der Waals surface area contributed by atoms with Crippen molar-refractivity contribution < 1.29 is 27.9 Å². The number of carboxylic acids is 1. The predicted molar refractivity (Wildman–Crippen MR) is 76.4 cm³/mol. The Bertz CT molecular complexity index is 665. The molecule has 4 nitrogen and oxygen atoms in total. The maximum absolute atomic E-state index is 12.9. The fourth-order valence-electron chi connectivity index (χ4n) is 3.22. The van der Waals surface area contributed by atoms with E-state index >= 15 is 0 Å². The van der Waals surface area contributed by atoms with E-state index in [0.717, 1.165) is 12.1 Å². The summed E-state index contributed by atoms with van der Waals surface area (Å²) in [5, 5.41) is 9.59. The third-order valence-electron chi connectivity index (χ3n) is 4.32. The molecule has 0 spiro atoms. The van der Waals surface area contributed by atoms with Crippen LogP contribution in [0.2, 0.25) is 0 Å². The number of rotatable bonds is 3. The highest BCUT2D eigenvalue weighted by Gasteiger charge is 2.53. The van der Waals surface area contributed by atoms with Gasteiger partial charge in [-0.15, -0.1) is 0 Å². The van der Waals surface area contributed by atoms with Gasteiger partial charge < -0.3 is 10.8 Å². The van der Waals surface area contributed by atoms with Crippen molar-refractivity contribution in [3.63, 3.8) is 0 Å². The predicted octanol–water partition coefficient (Wildman–Crippen LogP) is 3.09. The van der Waals surface area contributed by atoms with E-state index in [2.05, 4.69) is 0 Å². The molecule has 1 aromatic carbocycles. The van der Waals surface area contributed by atoms with E-state index in [-0.39, 0.29) is 12.0 Å². The van der Waals surface area contributed by atoms with Crippen LogP contribution in [0.4, 0.5) is 13.2 Å². The van der Waals surface area contributed by atoms with Crippen molar-refractivity contribution in [3.8, 4) is 0 Å². The Labute approximate surface area is 130 Å². The van der Waals surface area contributed by atoms with Gasteiger partial charge in [0, 0.05) is 5.92 Å². The molecule has 2 atom stereocenters. The number of nitrogens with two attached hydrogens (primary N) is 1. The van der Waals surface area contributed by atoms with Crippen LogP contribution in [0.25, 0.3) is 0 Å². The molecule has 0 aliphatic heterocycles. The minimum absolute atomic E-state index is 0.0457. The second kappa shape index (κ2) is 5.72. The van der Waals surface area contributed by atoms with E-state index in [1.54, 1.807) is 13.0 Å². The van der Waals surface area contributed by atoms with Gasteiger partial charge in [0.1, 0.15) is 0 Å². The summed E-state index contributed by atoms with van der Waals surface area (Å²) in [7, 11) is 0. The number of aliphatic carboxylic acids is 1. The number of amides is 1. The molecule has 2 unspecified atom stereocenters. The normalized spacial score (nSPS) is 24.9. The molecule has 2 rings (SSSR count). The summed E-state index contributed by atoms with van der Waals surface area (Å²) < 4.78 is 38.8. The summed E-state index contributed by atoms with van der Waals surface area (Å²) in [6.07, 6.45) is -2.54. The van der Waals surface area contributed by atoms with Gasteiger partial charge in [-0.05, 0) is 31.4 Å². The Morgan fingerprint density at radius 3 is 2.52 bits per heavy atom. The molecule has 124 valence electrons. The molecule has 1 aromatic rings. The number of halogens is 3. The van der Waals surface area contributed by atoms with Gasteiger partial charge in [0.15, 0.2) is 5.41 Å². The maximum atomic E-state index is 12.9. The highest BCUT2D eigenvalue weighted by Crippen LogP contribution is 2.48. The first-order chi connectivity index (χ1) is 10.6. The van der Waals surface area contributed by atoms with E-state index in [1.807, 2.05) is 0 Å². The van der Waals surface area contributed by atoms with Gasteiger partial charge in [-0.3, -0.25) is 9.59 Å². The fourth-order valence-corrected chi connectivity index (χ4v) is 3.22. The molecule has 0 saturated carbocycles. The first kappa shape index (κ1) is 17.1. The summed E-state index contributed by atoms with van der Waals surface area (Å²) in [6, 6.07) is 4.38. The largest absolute Gasteiger partial charge is 0.480 e. The van der Waals surface area contributed by atoms with Gasteiger partial charge in [0.25, 0.3) is 0 Å². The van der Waals surface area contributed by atoms with Gasteiger partial charge in [-0.1, -0.05) is 29.8 Å². The molecule has 0 saturated heterocycles. The Morgan fingerprint density at radius 1 is 1.35 bits per heavy atom. The number of alkyl halides is 3. The highest BCUT2D eigenvalue weighted by atomic mass is 19.4.